The molecule has 142 valence electrons. The standard InChI is InChI=1S/C19H21ClN4O2S/c1-3-10-21-19(27)23-11-9-16-15(12-23)17(18(25)26-4-2)22-24(16)14-7-5-13(20)6-8-14/h3,5-8H,1,4,9-12H2,2H3,(H,21,27). The Hall–Kier alpha value is -2.38. The number of thiocarbonyl (C=S) groups is 1. The van der Waals surface area contributed by atoms with E-state index < -0.39 is 5.97 Å². The normalized spacial score (nSPS) is 13.0. The molecule has 0 bridgehead atoms. The Labute approximate surface area is 168 Å². The van der Waals surface area contributed by atoms with Crippen LogP contribution in [0.3, 0.4) is 0 Å². The summed E-state index contributed by atoms with van der Waals surface area (Å²) in [4.78, 5) is 14.5. The molecule has 0 amide bonds. The summed E-state index contributed by atoms with van der Waals surface area (Å²) in [5.41, 5.74) is 3.02. The molecule has 8 heteroatoms. The van der Waals surface area contributed by atoms with Crippen LogP contribution in [-0.4, -0.2) is 45.5 Å². The van der Waals surface area contributed by atoms with E-state index in [1.54, 1.807) is 29.8 Å². The Morgan fingerprint density at radius 1 is 1.44 bits per heavy atom. The quantitative estimate of drug-likeness (QED) is 0.469. The van der Waals surface area contributed by atoms with Gasteiger partial charge in [0.05, 0.1) is 18.0 Å². The summed E-state index contributed by atoms with van der Waals surface area (Å²) in [6, 6.07) is 7.37. The molecule has 0 saturated carbocycles. The highest BCUT2D eigenvalue weighted by molar-refractivity contribution is 7.80. The first-order valence-electron chi connectivity index (χ1n) is 8.72. The summed E-state index contributed by atoms with van der Waals surface area (Å²) in [5, 5.41) is 8.97. The molecule has 0 atom stereocenters. The molecule has 1 aromatic heterocycles. The smallest absolute Gasteiger partial charge is 0.359 e. The lowest BCUT2D eigenvalue weighted by Crippen LogP contribution is -2.43. The van der Waals surface area contributed by atoms with Gasteiger partial charge in [-0.2, -0.15) is 5.10 Å². The number of nitrogens with zero attached hydrogens (tertiary/aromatic N) is 3. The van der Waals surface area contributed by atoms with Gasteiger partial charge in [-0.3, -0.25) is 0 Å². The monoisotopic (exact) mass is 404 g/mol. The van der Waals surface area contributed by atoms with Crippen molar-refractivity contribution in [3.05, 3.63) is 58.9 Å². The lowest BCUT2D eigenvalue weighted by Gasteiger charge is -2.30. The molecule has 2 aromatic rings. The van der Waals surface area contributed by atoms with Crippen molar-refractivity contribution >= 4 is 34.9 Å². The van der Waals surface area contributed by atoms with E-state index in [9.17, 15) is 4.79 Å². The number of carbonyl (C=O) groups excluding carboxylic acids is 1. The van der Waals surface area contributed by atoms with Gasteiger partial charge in [-0.1, -0.05) is 17.7 Å². The van der Waals surface area contributed by atoms with Gasteiger partial charge in [-0.25, -0.2) is 9.48 Å². The number of nitrogens with one attached hydrogen (secondary N) is 1. The highest BCUT2D eigenvalue weighted by Crippen LogP contribution is 2.26. The zero-order chi connectivity index (χ0) is 19.4. The van der Waals surface area contributed by atoms with Crippen LogP contribution in [0.15, 0.2) is 36.9 Å². The molecule has 6 nitrogen and oxygen atoms in total. The van der Waals surface area contributed by atoms with Crippen molar-refractivity contribution in [2.75, 3.05) is 19.7 Å². The number of aromatic nitrogens is 2. The van der Waals surface area contributed by atoms with E-state index in [2.05, 4.69) is 17.0 Å². The van der Waals surface area contributed by atoms with Crippen LogP contribution in [0, 0.1) is 0 Å². The van der Waals surface area contributed by atoms with E-state index >= 15 is 0 Å². The van der Waals surface area contributed by atoms with Gasteiger partial charge in [-0.15, -0.1) is 6.58 Å². The number of halogens is 1. The first-order valence-corrected chi connectivity index (χ1v) is 9.51. The lowest BCUT2D eigenvalue weighted by atomic mass is 10.1. The minimum Gasteiger partial charge on any atom is -0.461 e. The molecule has 2 heterocycles. The van der Waals surface area contributed by atoms with Gasteiger partial charge >= 0.3 is 5.97 Å². The fraction of sp³-hybridized carbons (Fsp3) is 0.316. The van der Waals surface area contributed by atoms with Gasteiger partial charge in [0.15, 0.2) is 10.8 Å². The summed E-state index contributed by atoms with van der Waals surface area (Å²) in [6.07, 6.45) is 2.46. The Bertz CT molecular complexity index is 863. The molecular weight excluding hydrogens is 384 g/mol. The van der Waals surface area contributed by atoms with E-state index in [4.69, 9.17) is 28.6 Å². The average Bonchev–Trinajstić information content (AvgIpc) is 3.06. The van der Waals surface area contributed by atoms with E-state index in [-0.39, 0.29) is 0 Å². The second-order valence-electron chi connectivity index (χ2n) is 6.03. The molecule has 1 aromatic carbocycles. The molecule has 0 unspecified atom stereocenters. The Balaban J connectivity index is 1.98. The van der Waals surface area contributed by atoms with E-state index in [1.807, 2.05) is 17.0 Å². The van der Waals surface area contributed by atoms with Crippen LogP contribution in [0.4, 0.5) is 0 Å². The van der Waals surface area contributed by atoms with Crippen molar-refractivity contribution < 1.29 is 9.53 Å². The molecule has 0 radical (unpaired) electrons. The van der Waals surface area contributed by atoms with Gasteiger partial charge in [0.2, 0.25) is 0 Å². The number of benzene rings is 1. The van der Waals surface area contributed by atoms with Crippen LogP contribution >= 0.6 is 23.8 Å². The van der Waals surface area contributed by atoms with Crippen molar-refractivity contribution in [1.82, 2.24) is 20.0 Å². The summed E-state index contributed by atoms with van der Waals surface area (Å²) >= 11 is 11.4. The van der Waals surface area contributed by atoms with Crippen LogP contribution in [0.25, 0.3) is 5.69 Å². The molecular formula is C19H21ClN4O2S. The molecule has 3 rings (SSSR count). The lowest BCUT2D eigenvalue weighted by molar-refractivity contribution is 0.0517. The first-order chi connectivity index (χ1) is 13.0. The number of carbonyl (C=O) groups is 1. The molecule has 27 heavy (non-hydrogen) atoms. The SMILES string of the molecule is C=CCNC(=S)N1CCc2c(c(C(=O)OCC)nn2-c2ccc(Cl)cc2)C1. The molecule has 0 aliphatic carbocycles. The number of fused-ring (bicyclic) bond motifs is 1. The second kappa shape index (κ2) is 8.54. The second-order valence-corrected chi connectivity index (χ2v) is 6.85. The summed E-state index contributed by atoms with van der Waals surface area (Å²) in [6.45, 7) is 7.59. The average molecular weight is 405 g/mol. The molecule has 0 saturated heterocycles. The largest absolute Gasteiger partial charge is 0.461 e. The maximum atomic E-state index is 12.5. The minimum atomic E-state index is -0.423. The van der Waals surface area contributed by atoms with Crippen LogP contribution in [-0.2, 0) is 17.7 Å². The fourth-order valence-electron chi connectivity index (χ4n) is 3.02. The van der Waals surface area contributed by atoms with E-state index in [0.29, 0.717) is 41.9 Å². The van der Waals surface area contributed by atoms with Gasteiger partial charge in [-0.05, 0) is 43.4 Å². The highest BCUT2D eigenvalue weighted by Gasteiger charge is 2.30. The van der Waals surface area contributed by atoms with Gasteiger partial charge < -0.3 is 15.0 Å². The van der Waals surface area contributed by atoms with Gasteiger partial charge in [0.25, 0.3) is 0 Å². The third-order valence-corrected chi connectivity index (χ3v) is 4.94. The molecule has 0 fully saturated rings. The van der Waals surface area contributed by atoms with Crippen LogP contribution in [0.1, 0.15) is 28.7 Å². The zero-order valence-corrected chi connectivity index (χ0v) is 16.6. The Morgan fingerprint density at radius 3 is 2.85 bits per heavy atom. The molecule has 1 N–H and O–H groups in total. The number of hydrogen-bond acceptors (Lipinski definition) is 4. The third kappa shape index (κ3) is 4.14. The number of ether oxygens (including phenoxy) is 1. The molecule has 1 aliphatic heterocycles. The van der Waals surface area contributed by atoms with Crippen molar-refractivity contribution in [3.63, 3.8) is 0 Å². The summed E-state index contributed by atoms with van der Waals surface area (Å²) in [7, 11) is 0. The Kier molecular flexibility index (Phi) is 6.13. The Morgan fingerprint density at radius 2 is 2.19 bits per heavy atom. The van der Waals surface area contributed by atoms with E-state index in [1.165, 1.54) is 0 Å². The fourth-order valence-corrected chi connectivity index (χ4v) is 3.39. The molecule has 0 spiro atoms. The third-order valence-electron chi connectivity index (χ3n) is 4.28. The minimum absolute atomic E-state index is 0.296. The first kappa shape index (κ1) is 19.4. The number of rotatable bonds is 5. The summed E-state index contributed by atoms with van der Waals surface area (Å²) < 4.78 is 7.01. The van der Waals surface area contributed by atoms with Crippen LogP contribution in [0.5, 0.6) is 0 Å². The maximum Gasteiger partial charge on any atom is 0.359 e. The van der Waals surface area contributed by atoms with Crippen LogP contribution in [0.2, 0.25) is 5.02 Å². The maximum absolute atomic E-state index is 12.5. The van der Waals surface area contributed by atoms with Gasteiger partial charge in [0, 0.05) is 36.6 Å². The predicted octanol–water partition coefficient (Wildman–Crippen LogP) is 3.12. The van der Waals surface area contributed by atoms with Crippen molar-refractivity contribution in [1.29, 1.82) is 0 Å². The van der Waals surface area contributed by atoms with Crippen molar-refractivity contribution in [3.8, 4) is 5.69 Å². The summed E-state index contributed by atoms with van der Waals surface area (Å²) in [5.74, 6) is -0.423. The van der Waals surface area contributed by atoms with E-state index in [0.717, 1.165) is 23.5 Å². The van der Waals surface area contributed by atoms with Crippen molar-refractivity contribution in [2.45, 2.75) is 19.9 Å². The topological polar surface area (TPSA) is 59.4 Å². The van der Waals surface area contributed by atoms with Crippen molar-refractivity contribution in [2.24, 2.45) is 0 Å². The molecule has 1 aliphatic rings. The van der Waals surface area contributed by atoms with Gasteiger partial charge in [0.1, 0.15) is 0 Å². The van der Waals surface area contributed by atoms with Crippen LogP contribution < -0.4 is 5.32 Å². The predicted molar refractivity (Wildman–Crippen MR) is 109 cm³/mol. The number of esters is 1. The highest BCUT2D eigenvalue weighted by atomic mass is 35.5. The number of hydrogen-bond donors (Lipinski definition) is 1. The zero-order valence-electron chi connectivity index (χ0n) is 15.1.